The average Bonchev–Trinajstić information content (AvgIpc) is 2.72. The first kappa shape index (κ1) is 20.2. The molecule has 0 radical (unpaired) electrons. The molecule has 1 aliphatic heterocycles. The minimum absolute atomic E-state index is 0.143. The SMILES string of the molecule is Cc1ccccc1N1CCN(C(=O)CCCNC(=O)c2ccc(Cl)cc2)CC1. The second kappa shape index (κ2) is 9.60. The topological polar surface area (TPSA) is 52.6 Å². The van der Waals surface area contributed by atoms with Crippen LogP contribution < -0.4 is 10.2 Å². The molecule has 148 valence electrons. The smallest absolute Gasteiger partial charge is 0.251 e. The number of carbonyl (C=O) groups is 2. The molecule has 0 saturated carbocycles. The molecule has 0 atom stereocenters. The number of halogens is 1. The van der Waals surface area contributed by atoms with E-state index < -0.39 is 0 Å². The fourth-order valence-electron chi connectivity index (χ4n) is 3.42. The Morgan fingerprint density at radius 2 is 1.68 bits per heavy atom. The van der Waals surface area contributed by atoms with Crippen molar-refractivity contribution < 1.29 is 9.59 Å². The third kappa shape index (κ3) is 5.26. The number of benzene rings is 2. The highest BCUT2D eigenvalue weighted by Crippen LogP contribution is 2.21. The number of nitrogens with zero attached hydrogens (tertiary/aromatic N) is 2. The molecule has 0 spiro atoms. The Labute approximate surface area is 171 Å². The standard InChI is InChI=1S/C22H26ClN3O2/c1-17-5-2-3-6-20(17)25-13-15-26(16-14-25)21(27)7-4-12-24-22(28)18-8-10-19(23)11-9-18/h2-3,5-6,8-11H,4,7,12-16H2,1H3,(H,24,28). The third-order valence-electron chi connectivity index (χ3n) is 5.05. The van der Waals surface area contributed by atoms with Gasteiger partial charge in [-0.1, -0.05) is 29.8 Å². The van der Waals surface area contributed by atoms with Crippen molar-refractivity contribution in [1.29, 1.82) is 0 Å². The molecule has 2 amide bonds. The van der Waals surface area contributed by atoms with Crippen LogP contribution >= 0.6 is 11.6 Å². The predicted octanol–water partition coefficient (Wildman–Crippen LogP) is 3.51. The van der Waals surface area contributed by atoms with Gasteiger partial charge in [-0.3, -0.25) is 9.59 Å². The van der Waals surface area contributed by atoms with Crippen molar-refractivity contribution in [3.63, 3.8) is 0 Å². The maximum absolute atomic E-state index is 12.4. The zero-order valence-corrected chi connectivity index (χ0v) is 16.9. The second-order valence-corrected chi connectivity index (χ2v) is 7.46. The van der Waals surface area contributed by atoms with Gasteiger partial charge in [-0.15, -0.1) is 0 Å². The van der Waals surface area contributed by atoms with Gasteiger partial charge in [0, 0.05) is 55.4 Å². The Kier molecular flexibility index (Phi) is 6.93. The van der Waals surface area contributed by atoms with Gasteiger partial charge >= 0.3 is 0 Å². The highest BCUT2D eigenvalue weighted by molar-refractivity contribution is 6.30. The number of amides is 2. The Morgan fingerprint density at radius 3 is 2.36 bits per heavy atom. The van der Waals surface area contributed by atoms with Gasteiger partial charge in [0.1, 0.15) is 0 Å². The predicted molar refractivity (Wildman–Crippen MR) is 113 cm³/mol. The first-order chi connectivity index (χ1) is 13.5. The lowest BCUT2D eigenvalue weighted by molar-refractivity contribution is -0.131. The van der Waals surface area contributed by atoms with Gasteiger partial charge in [-0.2, -0.15) is 0 Å². The maximum atomic E-state index is 12.4. The van der Waals surface area contributed by atoms with Crippen molar-refractivity contribution in [3.05, 3.63) is 64.7 Å². The first-order valence-electron chi connectivity index (χ1n) is 9.67. The van der Waals surface area contributed by atoms with Crippen LogP contribution in [0, 0.1) is 6.92 Å². The van der Waals surface area contributed by atoms with E-state index in [1.807, 2.05) is 11.0 Å². The van der Waals surface area contributed by atoms with Gasteiger partial charge in [0.05, 0.1) is 0 Å². The zero-order valence-electron chi connectivity index (χ0n) is 16.2. The monoisotopic (exact) mass is 399 g/mol. The molecule has 0 aromatic heterocycles. The van der Waals surface area contributed by atoms with E-state index in [0.717, 1.165) is 26.2 Å². The van der Waals surface area contributed by atoms with E-state index in [9.17, 15) is 9.59 Å². The van der Waals surface area contributed by atoms with Gasteiger partial charge in [-0.05, 0) is 49.2 Å². The van der Waals surface area contributed by atoms with E-state index in [0.29, 0.717) is 30.0 Å². The van der Waals surface area contributed by atoms with Gasteiger partial charge in [-0.25, -0.2) is 0 Å². The molecule has 1 heterocycles. The van der Waals surface area contributed by atoms with E-state index in [-0.39, 0.29) is 11.8 Å². The molecule has 2 aromatic rings. The summed E-state index contributed by atoms with van der Waals surface area (Å²) < 4.78 is 0. The van der Waals surface area contributed by atoms with Crippen LogP contribution in [0.3, 0.4) is 0 Å². The molecule has 1 N–H and O–H groups in total. The molecule has 1 fully saturated rings. The number of piperazine rings is 1. The minimum Gasteiger partial charge on any atom is -0.368 e. The summed E-state index contributed by atoms with van der Waals surface area (Å²) >= 11 is 5.83. The van der Waals surface area contributed by atoms with E-state index in [4.69, 9.17) is 11.6 Å². The molecule has 0 unspecified atom stereocenters. The molecule has 1 aliphatic rings. The average molecular weight is 400 g/mol. The number of hydrogen-bond donors (Lipinski definition) is 1. The van der Waals surface area contributed by atoms with E-state index in [1.165, 1.54) is 11.3 Å². The Bertz CT molecular complexity index is 815. The van der Waals surface area contributed by atoms with Crippen LogP contribution in [-0.2, 0) is 4.79 Å². The molecule has 5 nitrogen and oxygen atoms in total. The summed E-state index contributed by atoms with van der Waals surface area (Å²) in [6, 6.07) is 15.1. The van der Waals surface area contributed by atoms with Crippen molar-refractivity contribution in [2.24, 2.45) is 0 Å². The summed E-state index contributed by atoms with van der Waals surface area (Å²) in [4.78, 5) is 28.8. The number of hydrogen-bond acceptors (Lipinski definition) is 3. The van der Waals surface area contributed by atoms with E-state index in [1.54, 1.807) is 24.3 Å². The van der Waals surface area contributed by atoms with Crippen LogP contribution in [0.15, 0.2) is 48.5 Å². The lowest BCUT2D eigenvalue weighted by atomic mass is 10.1. The van der Waals surface area contributed by atoms with E-state index in [2.05, 4.69) is 35.3 Å². The number of nitrogens with one attached hydrogen (secondary N) is 1. The Hall–Kier alpha value is -2.53. The number of para-hydroxylation sites is 1. The summed E-state index contributed by atoms with van der Waals surface area (Å²) in [5.41, 5.74) is 3.08. The summed E-state index contributed by atoms with van der Waals surface area (Å²) in [6.45, 7) is 5.78. The summed E-state index contributed by atoms with van der Waals surface area (Å²) in [6.07, 6.45) is 1.08. The van der Waals surface area contributed by atoms with E-state index >= 15 is 0 Å². The second-order valence-electron chi connectivity index (χ2n) is 7.02. The van der Waals surface area contributed by atoms with Gasteiger partial charge in [0.25, 0.3) is 5.91 Å². The van der Waals surface area contributed by atoms with Crippen LogP contribution in [0.1, 0.15) is 28.8 Å². The molecule has 0 bridgehead atoms. The molecule has 0 aliphatic carbocycles. The Balaban J connectivity index is 1.37. The largest absolute Gasteiger partial charge is 0.368 e. The van der Waals surface area contributed by atoms with Crippen LogP contribution in [0.4, 0.5) is 5.69 Å². The first-order valence-corrected chi connectivity index (χ1v) is 10.0. The number of aryl methyl sites for hydroxylation is 1. The molecule has 28 heavy (non-hydrogen) atoms. The normalized spacial score (nSPS) is 14.1. The Morgan fingerprint density at radius 1 is 1.00 bits per heavy atom. The lowest BCUT2D eigenvalue weighted by Crippen LogP contribution is -2.49. The van der Waals surface area contributed by atoms with Gasteiger partial charge in [0.15, 0.2) is 0 Å². The quantitative estimate of drug-likeness (QED) is 0.756. The zero-order chi connectivity index (χ0) is 19.9. The third-order valence-corrected chi connectivity index (χ3v) is 5.30. The van der Waals surface area contributed by atoms with Crippen molar-refractivity contribution in [2.75, 3.05) is 37.6 Å². The summed E-state index contributed by atoms with van der Waals surface area (Å²) in [5, 5.41) is 3.45. The highest BCUT2D eigenvalue weighted by Gasteiger charge is 2.21. The van der Waals surface area contributed by atoms with Crippen LogP contribution in [-0.4, -0.2) is 49.4 Å². The fourth-order valence-corrected chi connectivity index (χ4v) is 3.54. The molecule has 1 saturated heterocycles. The van der Waals surface area contributed by atoms with Crippen molar-refractivity contribution in [3.8, 4) is 0 Å². The number of carbonyl (C=O) groups excluding carboxylic acids is 2. The summed E-state index contributed by atoms with van der Waals surface area (Å²) in [5.74, 6) is 0.0149. The van der Waals surface area contributed by atoms with Gasteiger partial charge < -0.3 is 15.1 Å². The lowest BCUT2D eigenvalue weighted by Gasteiger charge is -2.37. The van der Waals surface area contributed by atoms with Crippen molar-refractivity contribution >= 4 is 29.1 Å². The molecular formula is C22H26ClN3O2. The van der Waals surface area contributed by atoms with Crippen LogP contribution in [0.5, 0.6) is 0 Å². The molecular weight excluding hydrogens is 374 g/mol. The summed E-state index contributed by atoms with van der Waals surface area (Å²) in [7, 11) is 0. The highest BCUT2D eigenvalue weighted by atomic mass is 35.5. The van der Waals surface area contributed by atoms with Crippen LogP contribution in [0.2, 0.25) is 5.02 Å². The number of anilines is 1. The molecule has 3 rings (SSSR count). The van der Waals surface area contributed by atoms with Gasteiger partial charge in [0.2, 0.25) is 5.91 Å². The van der Waals surface area contributed by atoms with Crippen molar-refractivity contribution in [2.45, 2.75) is 19.8 Å². The van der Waals surface area contributed by atoms with Crippen LogP contribution in [0.25, 0.3) is 0 Å². The molecule has 6 heteroatoms. The fraction of sp³-hybridized carbons (Fsp3) is 0.364. The van der Waals surface area contributed by atoms with Crippen molar-refractivity contribution in [1.82, 2.24) is 10.2 Å². The number of rotatable bonds is 6. The molecule has 2 aromatic carbocycles. The minimum atomic E-state index is -0.143. The maximum Gasteiger partial charge on any atom is 0.251 e.